The van der Waals surface area contributed by atoms with E-state index in [4.69, 9.17) is 27.0 Å². The third kappa shape index (κ3) is 3.76. The fraction of sp³-hybridized carbons (Fsp3) is 0.455. The van der Waals surface area contributed by atoms with Crippen LogP contribution >= 0.6 is 22.3 Å². The maximum Gasteiger partial charge on any atom is 0.265 e. The van der Waals surface area contributed by atoms with Gasteiger partial charge < -0.3 is 4.74 Å². The maximum absolute atomic E-state index is 11.3. The zero-order valence-electron chi connectivity index (χ0n) is 9.03. The Morgan fingerprint density at radius 2 is 2.06 bits per heavy atom. The lowest BCUT2D eigenvalue weighted by Crippen LogP contribution is -2.02. The minimum absolute atomic E-state index is 0.0672. The largest absolute Gasteiger partial charge is 0.492 e. The van der Waals surface area contributed by atoms with Crippen molar-refractivity contribution in [1.82, 2.24) is 0 Å². The normalized spacial score (nSPS) is 15.9. The number of hydrogen-bond acceptors (Lipinski definition) is 3. The van der Waals surface area contributed by atoms with Gasteiger partial charge in [-0.05, 0) is 30.5 Å². The Morgan fingerprint density at radius 3 is 2.65 bits per heavy atom. The second-order valence-electron chi connectivity index (χ2n) is 4.11. The molecule has 0 bridgehead atoms. The van der Waals surface area contributed by atoms with Gasteiger partial charge in [-0.3, -0.25) is 0 Å². The lowest BCUT2D eigenvalue weighted by molar-refractivity contribution is 0.295. The zero-order chi connectivity index (χ0) is 12.5. The molecule has 1 aromatic carbocycles. The van der Waals surface area contributed by atoms with E-state index < -0.39 is 9.05 Å². The topological polar surface area (TPSA) is 43.4 Å². The van der Waals surface area contributed by atoms with E-state index in [1.807, 2.05) is 0 Å². The van der Waals surface area contributed by atoms with Crippen molar-refractivity contribution in [3.8, 4) is 5.75 Å². The van der Waals surface area contributed by atoms with Gasteiger partial charge in [0.15, 0.2) is 0 Å². The van der Waals surface area contributed by atoms with E-state index in [1.165, 1.54) is 25.0 Å². The Bertz CT molecular complexity index is 509. The molecule has 0 atom stereocenters. The fourth-order valence-electron chi connectivity index (χ4n) is 1.53. The highest BCUT2D eigenvalue weighted by atomic mass is 35.7. The molecular formula is C11H12Cl2O3S. The van der Waals surface area contributed by atoms with Crippen molar-refractivity contribution in [2.45, 2.75) is 24.2 Å². The van der Waals surface area contributed by atoms with Crippen LogP contribution in [-0.2, 0) is 9.05 Å². The van der Waals surface area contributed by atoms with Crippen LogP contribution in [0.15, 0.2) is 23.1 Å². The molecule has 1 aliphatic rings. The van der Waals surface area contributed by atoms with Crippen LogP contribution in [0.25, 0.3) is 0 Å². The van der Waals surface area contributed by atoms with Crippen molar-refractivity contribution in [3.63, 3.8) is 0 Å². The van der Waals surface area contributed by atoms with Crippen LogP contribution in [0.1, 0.15) is 19.3 Å². The van der Waals surface area contributed by atoms with Crippen molar-refractivity contribution in [3.05, 3.63) is 23.2 Å². The average molecular weight is 295 g/mol. The van der Waals surface area contributed by atoms with Crippen molar-refractivity contribution >= 4 is 31.3 Å². The second-order valence-corrected chi connectivity index (χ2v) is 7.08. The van der Waals surface area contributed by atoms with Crippen molar-refractivity contribution < 1.29 is 13.2 Å². The average Bonchev–Trinajstić information content (AvgIpc) is 3.02. The highest BCUT2D eigenvalue weighted by Gasteiger charge is 2.22. The predicted octanol–water partition coefficient (Wildman–Crippen LogP) is 3.45. The summed E-state index contributed by atoms with van der Waals surface area (Å²) in [5.74, 6) is 1.00. The predicted molar refractivity (Wildman–Crippen MR) is 67.3 cm³/mol. The summed E-state index contributed by atoms with van der Waals surface area (Å²) in [6.07, 6.45) is 3.43. The lowest BCUT2D eigenvalue weighted by Gasteiger charge is -2.09. The van der Waals surface area contributed by atoms with E-state index in [-0.39, 0.29) is 10.6 Å². The van der Waals surface area contributed by atoms with E-state index in [0.717, 1.165) is 12.3 Å². The molecule has 1 fully saturated rings. The molecule has 0 aromatic heterocycles. The van der Waals surface area contributed by atoms with Gasteiger partial charge in [-0.15, -0.1) is 0 Å². The molecule has 1 aliphatic carbocycles. The van der Waals surface area contributed by atoms with Crippen molar-refractivity contribution in [2.75, 3.05) is 6.61 Å². The first-order valence-electron chi connectivity index (χ1n) is 5.34. The molecule has 0 radical (unpaired) electrons. The summed E-state index contributed by atoms with van der Waals surface area (Å²) in [7, 11) is 1.49. The van der Waals surface area contributed by atoms with Crippen LogP contribution in [0.2, 0.25) is 5.02 Å². The standard InChI is InChI=1S/C11H12Cl2O3S/c12-9-3-4-10(11(7-9)17(13,14)15)16-6-5-8-1-2-8/h3-4,7-8H,1-2,5-6H2. The van der Waals surface area contributed by atoms with Gasteiger partial charge in [-0.2, -0.15) is 0 Å². The second kappa shape index (κ2) is 5.04. The van der Waals surface area contributed by atoms with Gasteiger partial charge in [0, 0.05) is 15.7 Å². The minimum atomic E-state index is -3.83. The van der Waals surface area contributed by atoms with Gasteiger partial charge in [0.05, 0.1) is 6.61 Å². The van der Waals surface area contributed by atoms with E-state index >= 15 is 0 Å². The third-order valence-corrected chi connectivity index (χ3v) is 4.23. The van der Waals surface area contributed by atoms with Gasteiger partial charge >= 0.3 is 0 Å². The van der Waals surface area contributed by atoms with E-state index in [0.29, 0.717) is 11.6 Å². The molecule has 0 amide bonds. The molecule has 1 saturated carbocycles. The molecule has 0 spiro atoms. The molecule has 2 rings (SSSR count). The first-order chi connectivity index (χ1) is 7.97. The Hall–Kier alpha value is -0.450. The molecule has 0 N–H and O–H groups in total. The molecule has 6 heteroatoms. The summed E-state index contributed by atoms with van der Waals surface area (Å²) in [6.45, 7) is 0.506. The molecular weight excluding hydrogens is 283 g/mol. The number of benzene rings is 1. The summed E-state index contributed by atoms with van der Waals surface area (Å²) in [4.78, 5) is -0.0672. The van der Waals surface area contributed by atoms with Gasteiger partial charge in [-0.25, -0.2) is 8.42 Å². The summed E-state index contributed by atoms with van der Waals surface area (Å²) in [5.41, 5.74) is 0. The smallest absolute Gasteiger partial charge is 0.265 e. The van der Waals surface area contributed by atoms with Crippen molar-refractivity contribution in [2.24, 2.45) is 5.92 Å². The molecule has 0 saturated heterocycles. The van der Waals surface area contributed by atoms with Crippen LogP contribution in [0.4, 0.5) is 0 Å². The SMILES string of the molecule is O=S(=O)(Cl)c1cc(Cl)ccc1OCCC1CC1. The Morgan fingerprint density at radius 1 is 1.35 bits per heavy atom. The molecule has 0 unspecified atom stereocenters. The first-order valence-corrected chi connectivity index (χ1v) is 8.02. The van der Waals surface area contributed by atoms with Crippen LogP contribution in [-0.4, -0.2) is 15.0 Å². The van der Waals surface area contributed by atoms with Crippen molar-refractivity contribution in [1.29, 1.82) is 0 Å². The lowest BCUT2D eigenvalue weighted by atomic mass is 10.3. The van der Waals surface area contributed by atoms with Crippen LogP contribution in [0, 0.1) is 5.92 Å². The number of hydrogen-bond donors (Lipinski definition) is 0. The summed E-state index contributed by atoms with van der Waals surface area (Å²) < 4.78 is 28.1. The highest BCUT2D eigenvalue weighted by molar-refractivity contribution is 8.13. The number of rotatable bonds is 5. The monoisotopic (exact) mass is 294 g/mol. The molecule has 0 heterocycles. The van der Waals surface area contributed by atoms with E-state index in [1.54, 1.807) is 6.07 Å². The highest BCUT2D eigenvalue weighted by Crippen LogP contribution is 2.34. The van der Waals surface area contributed by atoms with Crippen LogP contribution < -0.4 is 4.74 Å². The molecule has 94 valence electrons. The van der Waals surface area contributed by atoms with E-state index in [2.05, 4.69) is 0 Å². The molecule has 3 nitrogen and oxygen atoms in total. The van der Waals surface area contributed by atoms with E-state index in [9.17, 15) is 8.42 Å². The Labute approximate surface area is 110 Å². The van der Waals surface area contributed by atoms with Crippen LogP contribution in [0.3, 0.4) is 0 Å². The summed E-state index contributed by atoms with van der Waals surface area (Å²) >= 11 is 5.74. The Balaban J connectivity index is 2.13. The van der Waals surface area contributed by atoms with Gasteiger partial charge in [-0.1, -0.05) is 24.4 Å². The Kier molecular flexibility index (Phi) is 3.85. The first kappa shape index (κ1) is 13.0. The number of halogens is 2. The summed E-state index contributed by atoms with van der Waals surface area (Å²) in [5, 5.41) is 0.318. The van der Waals surface area contributed by atoms with Gasteiger partial charge in [0.1, 0.15) is 10.6 Å². The number of ether oxygens (including phenoxy) is 1. The van der Waals surface area contributed by atoms with Gasteiger partial charge in [0.25, 0.3) is 9.05 Å². The molecule has 0 aliphatic heterocycles. The fourth-order valence-corrected chi connectivity index (χ4v) is 2.77. The quantitative estimate of drug-likeness (QED) is 0.781. The third-order valence-electron chi connectivity index (χ3n) is 2.65. The maximum atomic E-state index is 11.3. The minimum Gasteiger partial charge on any atom is -0.492 e. The summed E-state index contributed by atoms with van der Waals surface area (Å²) in [6, 6.07) is 4.42. The molecule has 1 aromatic rings. The zero-order valence-corrected chi connectivity index (χ0v) is 11.4. The molecule has 17 heavy (non-hydrogen) atoms. The van der Waals surface area contributed by atoms with Gasteiger partial charge in [0.2, 0.25) is 0 Å². The van der Waals surface area contributed by atoms with Crippen LogP contribution in [0.5, 0.6) is 5.75 Å².